The number of carbonyl (C=O) groups excluding carboxylic acids is 1. The first-order chi connectivity index (χ1) is 20.8. The molecule has 3 heterocycles. The number of carbonyl (C=O) groups is 2. The van der Waals surface area contributed by atoms with E-state index in [4.69, 9.17) is 9.72 Å². The minimum absolute atomic E-state index is 0.0561. The Labute approximate surface area is 249 Å². The third-order valence-electron chi connectivity index (χ3n) is 8.04. The van der Waals surface area contributed by atoms with E-state index in [2.05, 4.69) is 26.4 Å². The highest BCUT2D eigenvalue weighted by Crippen LogP contribution is 2.50. The van der Waals surface area contributed by atoms with Crippen molar-refractivity contribution >= 4 is 17.7 Å². The van der Waals surface area contributed by atoms with Crippen LogP contribution in [0.2, 0.25) is 0 Å². The summed E-state index contributed by atoms with van der Waals surface area (Å²) in [6.45, 7) is -1.74. The van der Waals surface area contributed by atoms with Gasteiger partial charge in [0.1, 0.15) is 24.3 Å². The lowest BCUT2D eigenvalue weighted by Crippen LogP contribution is -2.48. The van der Waals surface area contributed by atoms with Gasteiger partial charge in [0.15, 0.2) is 0 Å². The number of alkyl halides is 3. The van der Waals surface area contributed by atoms with E-state index in [1.165, 1.54) is 31.0 Å². The lowest BCUT2D eigenvalue weighted by atomic mass is 9.98. The van der Waals surface area contributed by atoms with Gasteiger partial charge in [-0.15, -0.1) is 0 Å². The summed E-state index contributed by atoms with van der Waals surface area (Å²) in [5.41, 5.74) is 1.06. The van der Waals surface area contributed by atoms with Crippen molar-refractivity contribution in [3.63, 3.8) is 0 Å². The molecule has 13 heteroatoms. The molecular weight excluding hydrogens is 567 g/mol. The molecule has 43 heavy (non-hydrogen) atoms. The quantitative estimate of drug-likeness (QED) is 0.217. The number of aliphatic carboxylic acids is 1. The smallest absolute Gasteiger partial charge is 0.387 e. The Hall–Kier alpha value is -3.45. The summed E-state index contributed by atoms with van der Waals surface area (Å²) in [7, 11) is 1.43. The number of rotatable bonds is 18. The first-order valence-electron chi connectivity index (χ1n) is 14.7. The van der Waals surface area contributed by atoms with Crippen molar-refractivity contribution in [2.24, 2.45) is 0 Å². The fraction of sp³-hybridized carbons (Fsp3) is 0.600. The Balaban J connectivity index is 1.34. The fourth-order valence-corrected chi connectivity index (χ4v) is 5.42. The summed E-state index contributed by atoms with van der Waals surface area (Å²) < 4.78 is 49.1. The largest absolute Gasteiger partial charge is 0.480 e. The number of methoxy groups -OCH3 is 1. The topological polar surface area (TPSA) is 126 Å². The van der Waals surface area contributed by atoms with Gasteiger partial charge in [-0.25, -0.2) is 14.2 Å². The predicted molar refractivity (Wildman–Crippen MR) is 153 cm³/mol. The molecule has 1 amide bonds. The van der Waals surface area contributed by atoms with Crippen LogP contribution in [0.5, 0.6) is 5.75 Å². The van der Waals surface area contributed by atoms with Gasteiger partial charge in [0.05, 0.1) is 17.2 Å². The summed E-state index contributed by atoms with van der Waals surface area (Å²) >= 11 is 0. The maximum atomic E-state index is 13.5. The zero-order valence-electron chi connectivity index (χ0n) is 24.4. The first kappa shape index (κ1) is 32.5. The number of aryl methyl sites for hydroxylation is 2. The minimum Gasteiger partial charge on any atom is -0.480 e. The van der Waals surface area contributed by atoms with Crippen molar-refractivity contribution in [2.75, 3.05) is 45.3 Å². The van der Waals surface area contributed by atoms with Crippen LogP contribution in [0.1, 0.15) is 55.5 Å². The summed E-state index contributed by atoms with van der Waals surface area (Å²) in [6, 6.07) is 5.66. The van der Waals surface area contributed by atoms with Crippen molar-refractivity contribution < 1.29 is 37.3 Å². The van der Waals surface area contributed by atoms with Crippen molar-refractivity contribution in [3.05, 3.63) is 47.4 Å². The highest BCUT2D eigenvalue weighted by molar-refractivity contribution is 5.94. The van der Waals surface area contributed by atoms with Gasteiger partial charge in [0, 0.05) is 38.6 Å². The average Bonchev–Trinajstić information content (AvgIpc) is 3.81. The molecule has 10 nitrogen and oxygen atoms in total. The number of nitrogens with one attached hydrogen (secondary N) is 2. The molecule has 0 saturated heterocycles. The zero-order chi connectivity index (χ0) is 30.8. The maximum Gasteiger partial charge on any atom is 0.387 e. The van der Waals surface area contributed by atoms with Gasteiger partial charge in [-0.1, -0.05) is 6.07 Å². The number of carboxylic acid groups (broad SMARTS) is 1. The van der Waals surface area contributed by atoms with E-state index < -0.39 is 42.7 Å². The van der Waals surface area contributed by atoms with E-state index in [0.29, 0.717) is 19.4 Å². The molecule has 1 aliphatic heterocycles. The number of halogens is 3. The number of amides is 1. The van der Waals surface area contributed by atoms with Crippen molar-refractivity contribution in [3.8, 4) is 5.75 Å². The van der Waals surface area contributed by atoms with Crippen LogP contribution in [0.4, 0.5) is 19.0 Å². The third-order valence-corrected chi connectivity index (χ3v) is 8.04. The van der Waals surface area contributed by atoms with Gasteiger partial charge >= 0.3 is 12.6 Å². The molecule has 0 unspecified atom stereocenters. The van der Waals surface area contributed by atoms with Gasteiger partial charge in [-0.05, 0) is 81.7 Å². The van der Waals surface area contributed by atoms with Crippen LogP contribution in [-0.4, -0.2) is 90.6 Å². The fourth-order valence-electron chi connectivity index (χ4n) is 5.42. The first-order valence-corrected chi connectivity index (χ1v) is 14.7. The number of ether oxygens (including phenoxy) is 2. The van der Waals surface area contributed by atoms with E-state index in [0.717, 1.165) is 50.2 Å². The molecule has 3 N–H and O–H groups in total. The minimum atomic E-state index is -3.09. The van der Waals surface area contributed by atoms with Gasteiger partial charge < -0.3 is 30.1 Å². The summed E-state index contributed by atoms with van der Waals surface area (Å²) in [5.74, 6) is -1.08. The summed E-state index contributed by atoms with van der Waals surface area (Å²) in [5, 5.41) is 15.8. The third kappa shape index (κ3) is 8.79. The van der Waals surface area contributed by atoms with Crippen LogP contribution in [0.25, 0.3) is 0 Å². The number of carboxylic acids is 1. The molecule has 1 fully saturated rings. The molecule has 236 valence electrons. The molecular formula is C30H40F3N5O5. The molecule has 2 aliphatic rings. The molecule has 2 atom stereocenters. The van der Waals surface area contributed by atoms with Crippen LogP contribution in [-0.2, 0) is 32.6 Å². The molecule has 0 aromatic carbocycles. The average molecular weight is 608 g/mol. The lowest BCUT2D eigenvalue weighted by Gasteiger charge is -2.27. The highest BCUT2D eigenvalue weighted by atomic mass is 19.3. The Kier molecular flexibility index (Phi) is 11.6. The van der Waals surface area contributed by atoms with Crippen LogP contribution >= 0.6 is 0 Å². The monoisotopic (exact) mass is 607 g/mol. The highest BCUT2D eigenvalue weighted by Gasteiger charge is 2.55. The van der Waals surface area contributed by atoms with E-state index in [1.807, 2.05) is 11.0 Å². The van der Waals surface area contributed by atoms with Gasteiger partial charge in [-0.3, -0.25) is 9.78 Å². The Bertz CT molecular complexity index is 1230. The number of aromatic nitrogens is 2. The van der Waals surface area contributed by atoms with Gasteiger partial charge in [0.2, 0.25) is 5.91 Å². The van der Waals surface area contributed by atoms with Crippen LogP contribution in [0.3, 0.4) is 0 Å². The predicted octanol–water partition coefficient (Wildman–Crippen LogP) is 3.74. The van der Waals surface area contributed by atoms with E-state index in [1.54, 1.807) is 0 Å². The van der Waals surface area contributed by atoms with Crippen molar-refractivity contribution in [2.45, 2.75) is 75.5 Å². The molecule has 0 radical (unpaired) electrons. The maximum absolute atomic E-state index is 13.5. The van der Waals surface area contributed by atoms with Crippen molar-refractivity contribution in [1.29, 1.82) is 0 Å². The number of hydrogen-bond acceptors (Lipinski definition) is 8. The summed E-state index contributed by atoms with van der Waals surface area (Å²) in [4.78, 5) is 36.2. The van der Waals surface area contributed by atoms with E-state index >= 15 is 0 Å². The number of hydrogen-bond donors (Lipinski definition) is 3. The zero-order valence-corrected chi connectivity index (χ0v) is 24.4. The number of anilines is 1. The van der Waals surface area contributed by atoms with Gasteiger partial charge in [-0.2, -0.15) is 8.78 Å². The van der Waals surface area contributed by atoms with Gasteiger partial charge in [0.25, 0.3) is 0 Å². The van der Waals surface area contributed by atoms with Crippen molar-refractivity contribution in [1.82, 2.24) is 20.2 Å². The second-order valence-corrected chi connectivity index (χ2v) is 11.1. The van der Waals surface area contributed by atoms with Crippen LogP contribution < -0.4 is 15.4 Å². The Morgan fingerprint density at radius 3 is 2.72 bits per heavy atom. The lowest BCUT2D eigenvalue weighted by molar-refractivity contribution is -0.142. The van der Waals surface area contributed by atoms with Crippen LogP contribution in [0.15, 0.2) is 30.5 Å². The second kappa shape index (κ2) is 15.3. The number of fused-ring (bicyclic) bond motifs is 1. The number of nitrogens with zero attached hydrogens (tertiary/aromatic N) is 3. The normalized spacial score (nSPS) is 16.7. The molecule has 0 bridgehead atoms. The Morgan fingerprint density at radius 1 is 1.21 bits per heavy atom. The Morgan fingerprint density at radius 2 is 2.02 bits per heavy atom. The summed E-state index contributed by atoms with van der Waals surface area (Å²) in [6.07, 6.45) is 5.93. The van der Waals surface area contributed by atoms with Crippen LogP contribution in [0, 0.1) is 0 Å². The standard InChI is InChI=1S/C30H40F3N5O5/c1-42-22(18-31)19-38(16-3-2-7-21-10-9-20-6-4-15-35-26(20)36-21)17-11-23(27(39)40)37-28(41)30(12-13-30)25-24(43-29(32)33)8-5-14-34-25/h5,8-10,14,22-23,29H,2-4,6-7,11-13,15-19H2,1H3,(H,35,36)(H,37,41)(H,39,40)/t22-,23+/m1/s1. The SMILES string of the molecule is CO[C@H](CF)CN(CCCCc1ccc2c(n1)NCCC2)CC[C@H](NC(=O)C1(c2ncccc2OC(F)F)CC1)C(=O)O. The molecule has 2 aromatic heterocycles. The molecule has 0 spiro atoms. The molecule has 1 saturated carbocycles. The second-order valence-electron chi connectivity index (χ2n) is 11.1. The number of pyridine rings is 2. The molecule has 2 aromatic rings. The number of unbranched alkanes of at least 4 members (excludes halogenated alkanes) is 1. The molecule has 4 rings (SSSR count). The van der Waals surface area contributed by atoms with E-state index in [9.17, 15) is 27.9 Å². The molecule has 1 aliphatic carbocycles. The van der Waals surface area contributed by atoms with E-state index in [-0.39, 0.29) is 31.0 Å².